The number of carbonyl (C=O) groups is 3. The molecule has 1 aromatic heterocycles. The van der Waals surface area contributed by atoms with Crippen molar-refractivity contribution in [3.63, 3.8) is 0 Å². The van der Waals surface area contributed by atoms with Gasteiger partial charge in [0.15, 0.2) is 12.0 Å². The number of aromatic nitrogens is 1. The summed E-state index contributed by atoms with van der Waals surface area (Å²) in [6.45, 7) is 0.0393. The molecule has 0 saturated carbocycles. The number of unbranched alkanes of at least 4 members (excludes halogenated alkanes) is 1. The number of carbonyl (C=O) groups excluding carboxylic acids is 2. The van der Waals surface area contributed by atoms with Crippen molar-refractivity contribution in [2.24, 2.45) is 0 Å². The second-order valence-electron chi connectivity index (χ2n) is 9.08. The van der Waals surface area contributed by atoms with E-state index in [4.69, 9.17) is 19.3 Å². The Morgan fingerprint density at radius 3 is 2.26 bits per heavy atom. The summed E-state index contributed by atoms with van der Waals surface area (Å²) in [5.74, 6) is -3.36. The number of hydrazine groups is 1. The molecule has 0 aliphatic carbocycles. The molecule has 1 fully saturated rings. The number of hydrogen-bond acceptors (Lipinski definition) is 7. The number of pyridine rings is 1. The molecule has 0 radical (unpaired) electrons. The number of nitrogens with one attached hydrogen (secondary N) is 3. The molecule has 2 aromatic rings. The van der Waals surface area contributed by atoms with E-state index in [1.807, 2.05) is 0 Å². The van der Waals surface area contributed by atoms with Gasteiger partial charge in [-0.3, -0.25) is 25.8 Å². The predicted octanol–water partition coefficient (Wildman–Crippen LogP) is 5.17. The minimum absolute atomic E-state index is 0.157. The van der Waals surface area contributed by atoms with Crippen molar-refractivity contribution < 1.29 is 60.0 Å². The van der Waals surface area contributed by atoms with Crippen molar-refractivity contribution in [1.29, 1.82) is 0 Å². The highest BCUT2D eigenvalue weighted by Crippen LogP contribution is 2.40. The molecule has 1 aromatic carbocycles. The Labute approximate surface area is 248 Å². The molecule has 3 amide bonds. The lowest BCUT2D eigenvalue weighted by atomic mass is 9.93. The van der Waals surface area contributed by atoms with Crippen molar-refractivity contribution in [2.75, 3.05) is 18.5 Å². The lowest BCUT2D eigenvalue weighted by molar-refractivity contribution is -0.273. The molecule has 18 heteroatoms. The number of benzene rings is 1. The Hall–Kier alpha value is -3.48. The van der Waals surface area contributed by atoms with Crippen LogP contribution >= 0.6 is 15.9 Å². The van der Waals surface area contributed by atoms with Gasteiger partial charge < -0.3 is 19.3 Å². The van der Waals surface area contributed by atoms with Gasteiger partial charge in [-0.2, -0.15) is 26.3 Å². The molecule has 4 N–H and O–H groups in total. The van der Waals surface area contributed by atoms with Crippen LogP contribution in [0.1, 0.15) is 47.3 Å². The summed E-state index contributed by atoms with van der Waals surface area (Å²) in [7, 11) is 0. The van der Waals surface area contributed by atoms with Crippen LogP contribution in [0.2, 0.25) is 0 Å². The molecule has 11 nitrogen and oxygen atoms in total. The number of rotatable bonds is 11. The third-order valence-electron chi connectivity index (χ3n) is 6.09. The lowest BCUT2D eigenvalue weighted by Crippen LogP contribution is -2.61. The highest BCUT2D eigenvalue weighted by Gasteiger charge is 2.61. The van der Waals surface area contributed by atoms with Crippen LogP contribution in [0.3, 0.4) is 0 Å². The standard InChI is InChI=1S/C25H25BrF6N4O7/c26-19-15(24(27,28)29)12-16(33-22(39)40)18(34-19)20(37)35-36-21(38)23(25(30,31)32,43-13-14-6-2-1-3-7-14)9-5-4-8-17-41-10-11-42-17/h1-3,6-7,12,17,33H,4-5,8-11,13H2,(H,35,37)(H,36,38)(H,39,40)/t23-/m1/s1. The van der Waals surface area contributed by atoms with Gasteiger partial charge in [-0.25, -0.2) is 9.78 Å². The SMILES string of the molecule is O=C(O)Nc1cc(C(F)(F)F)c(Br)nc1C(=O)NNC(=O)[C@@](CCCCC1OCCO1)(OCc1ccccc1)C(F)(F)F. The Morgan fingerprint density at radius 2 is 1.67 bits per heavy atom. The van der Waals surface area contributed by atoms with E-state index in [1.54, 1.807) is 34.4 Å². The number of nitrogens with zero attached hydrogens (tertiary/aromatic N) is 1. The minimum atomic E-state index is -5.30. The van der Waals surface area contributed by atoms with Crippen LogP contribution in [0.5, 0.6) is 0 Å². The largest absolute Gasteiger partial charge is 0.465 e. The molecule has 1 saturated heterocycles. The molecule has 2 heterocycles. The highest BCUT2D eigenvalue weighted by molar-refractivity contribution is 9.10. The van der Waals surface area contributed by atoms with Gasteiger partial charge in [-0.05, 0) is 53.2 Å². The first-order valence-corrected chi connectivity index (χ1v) is 13.3. The fourth-order valence-corrected chi connectivity index (χ4v) is 4.51. The van der Waals surface area contributed by atoms with Crippen LogP contribution < -0.4 is 16.2 Å². The quantitative estimate of drug-likeness (QED) is 0.110. The second kappa shape index (κ2) is 14.3. The first kappa shape index (κ1) is 34.0. The van der Waals surface area contributed by atoms with Crippen LogP contribution in [0.25, 0.3) is 0 Å². The molecule has 0 bridgehead atoms. The highest BCUT2D eigenvalue weighted by atomic mass is 79.9. The molecule has 236 valence electrons. The van der Waals surface area contributed by atoms with Gasteiger partial charge in [-0.15, -0.1) is 0 Å². The zero-order valence-corrected chi connectivity index (χ0v) is 23.6. The maximum atomic E-state index is 14.6. The normalized spacial score (nSPS) is 15.5. The Kier molecular flexibility index (Phi) is 11.3. The number of ether oxygens (including phenoxy) is 3. The minimum Gasteiger partial charge on any atom is -0.465 e. The number of alkyl halides is 6. The monoisotopic (exact) mass is 686 g/mol. The van der Waals surface area contributed by atoms with E-state index in [9.17, 15) is 40.7 Å². The van der Waals surface area contributed by atoms with E-state index in [0.29, 0.717) is 18.8 Å². The molecule has 3 rings (SSSR count). The molecule has 1 atom stereocenters. The van der Waals surface area contributed by atoms with Crippen molar-refractivity contribution in [1.82, 2.24) is 15.8 Å². The summed E-state index contributed by atoms with van der Waals surface area (Å²) in [6.07, 6.45) is -13.4. The van der Waals surface area contributed by atoms with Crippen LogP contribution in [0.4, 0.5) is 36.8 Å². The Morgan fingerprint density at radius 1 is 1.02 bits per heavy atom. The number of carboxylic acid groups (broad SMARTS) is 1. The Bertz CT molecular complexity index is 1290. The first-order chi connectivity index (χ1) is 20.1. The van der Waals surface area contributed by atoms with Crippen molar-refractivity contribution >= 4 is 39.5 Å². The zero-order valence-electron chi connectivity index (χ0n) is 22.0. The average molecular weight is 687 g/mol. The number of anilines is 1. The summed E-state index contributed by atoms with van der Waals surface area (Å²) in [5.41, 5.74) is -3.30. The smallest absolute Gasteiger partial charge is 0.426 e. The molecular weight excluding hydrogens is 662 g/mol. The molecular formula is C25H25BrF6N4O7. The fourth-order valence-electron chi connectivity index (χ4n) is 3.99. The van der Waals surface area contributed by atoms with Gasteiger partial charge >= 0.3 is 18.4 Å². The fraction of sp³-hybridized carbons (Fsp3) is 0.440. The third kappa shape index (κ3) is 9.01. The van der Waals surface area contributed by atoms with Gasteiger partial charge in [0, 0.05) is 0 Å². The van der Waals surface area contributed by atoms with Crippen molar-refractivity contribution in [3.8, 4) is 0 Å². The maximum Gasteiger partial charge on any atom is 0.426 e. The van der Waals surface area contributed by atoms with E-state index < -0.39 is 76.7 Å². The van der Waals surface area contributed by atoms with Gasteiger partial charge in [0.1, 0.15) is 4.60 Å². The summed E-state index contributed by atoms with van der Waals surface area (Å²) in [6, 6.07) is 7.92. The van der Waals surface area contributed by atoms with E-state index in [1.165, 1.54) is 12.1 Å². The second-order valence-corrected chi connectivity index (χ2v) is 9.83. The summed E-state index contributed by atoms with van der Waals surface area (Å²) in [4.78, 5) is 40.4. The van der Waals surface area contributed by atoms with E-state index in [-0.39, 0.29) is 25.3 Å². The summed E-state index contributed by atoms with van der Waals surface area (Å²) < 4.78 is 98.3. The van der Waals surface area contributed by atoms with E-state index in [2.05, 4.69) is 20.9 Å². The average Bonchev–Trinajstić information content (AvgIpc) is 3.44. The third-order valence-corrected chi connectivity index (χ3v) is 6.69. The molecule has 0 spiro atoms. The maximum absolute atomic E-state index is 14.6. The molecule has 0 unspecified atom stereocenters. The zero-order chi connectivity index (χ0) is 31.8. The van der Waals surface area contributed by atoms with Crippen LogP contribution in [-0.2, 0) is 31.8 Å². The predicted molar refractivity (Wildman–Crippen MR) is 138 cm³/mol. The number of hydrogen-bond donors (Lipinski definition) is 4. The summed E-state index contributed by atoms with van der Waals surface area (Å²) >= 11 is 2.53. The van der Waals surface area contributed by atoms with Gasteiger partial charge in [0.2, 0.25) is 5.60 Å². The molecule has 43 heavy (non-hydrogen) atoms. The molecule has 1 aliphatic heterocycles. The summed E-state index contributed by atoms with van der Waals surface area (Å²) in [5, 5.41) is 10.6. The van der Waals surface area contributed by atoms with Crippen LogP contribution in [0.15, 0.2) is 41.0 Å². The number of halogens is 7. The van der Waals surface area contributed by atoms with E-state index in [0.717, 1.165) is 0 Å². The van der Waals surface area contributed by atoms with Crippen LogP contribution in [0, 0.1) is 0 Å². The van der Waals surface area contributed by atoms with Gasteiger partial charge in [0.25, 0.3) is 11.8 Å². The number of amides is 3. The van der Waals surface area contributed by atoms with Gasteiger partial charge in [0.05, 0.1) is 31.1 Å². The van der Waals surface area contributed by atoms with E-state index >= 15 is 0 Å². The van der Waals surface area contributed by atoms with Gasteiger partial charge in [-0.1, -0.05) is 30.3 Å². The Balaban J connectivity index is 1.84. The van der Waals surface area contributed by atoms with Crippen molar-refractivity contribution in [2.45, 2.75) is 56.5 Å². The topological polar surface area (TPSA) is 148 Å². The van der Waals surface area contributed by atoms with Crippen LogP contribution in [-0.4, -0.2) is 59.3 Å². The lowest BCUT2D eigenvalue weighted by Gasteiger charge is -2.34. The van der Waals surface area contributed by atoms with Crippen molar-refractivity contribution in [3.05, 3.63) is 57.8 Å². The molecule has 1 aliphatic rings. The first-order valence-electron chi connectivity index (χ1n) is 12.5.